The minimum atomic E-state index is -3.43. The molecule has 0 atom stereocenters. The fourth-order valence-electron chi connectivity index (χ4n) is 2.15. The van der Waals surface area contributed by atoms with E-state index in [9.17, 15) is 8.42 Å². The number of hydrogen-bond acceptors (Lipinski definition) is 4. The number of nitrogens with one attached hydrogen (secondary N) is 2. The molecule has 2 rings (SSSR count). The van der Waals surface area contributed by atoms with E-state index >= 15 is 0 Å². The molecule has 0 amide bonds. The Labute approximate surface area is 108 Å². The van der Waals surface area contributed by atoms with Crippen molar-refractivity contribution in [2.45, 2.75) is 38.3 Å². The number of H-pyrrole nitrogens is 1. The molecule has 1 aliphatic rings. The number of aryl methyl sites for hydroxylation is 1. The van der Waals surface area contributed by atoms with Gasteiger partial charge in [0.2, 0.25) is 0 Å². The highest BCUT2D eigenvalue weighted by atomic mass is 32.2. The fourth-order valence-corrected chi connectivity index (χ4v) is 3.83. The molecule has 1 saturated heterocycles. The Balaban J connectivity index is 2.32. The Hall–Kier alpha value is -0.920. The molecule has 1 aliphatic heterocycles. The molecule has 1 aromatic heterocycles. The Morgan fingerprint density at radius 2 is 2.06 bits per heavy atom. The van der Waals surface area contributed by atoms with E-state index < -0.39 is 10.0 Å². The molecule has 1 fully saturated rings. The van der Waals surface area contributed by atoms with Gasteiger partial charge in [-0.3, -0.25) is 5.10 Å². The van der Waals surface area contributed by atoms with Crippen LogP contribution >= 0.6 is 0 Å². The Bertz CT molecular complexity index is 503. The molecule has 2 N–H and O–H groups in total. The van der Waals surface area contributed by atoms with Crippen molar-refractivity contribution in [3.05, 3.63) is 11.3 Å². The molecule has 0 aliphatic carbocycles. The van der Waals surface area contributed by atoms with Gasteiger partial charge in [-0.15, -0.1) is 0 Å². The van der Waals surface area contributed by atoms with Gasteiger partial charge in [-0.05, 0) is 26.3 Å². The Morgan fingerprint density at radius 3 is 2.67 bits per heavy atom. The zero-order valence-corrected chi connectivity index (χ0v) is 11.7. The molecule has 7 heteroatoms. The van der Waals surface area contributed by atoms with E-state index in [0.717, 1.165) is 30.6 Å². The summed E-state index contributed by atoms with van der Waals surface area (Å²) in [6.07, 6.45) is 1.87. The fraction of sp³-hybridized carbons (Fsp3) is 0.727. The van der Waals surface area contributed by atoms with Crippen molar-refractivity contribution < 1.29 is 8.42 Å². The van der Waals surface area contributed by atoms with Crippen LogP contribution in [0.4, 0.5) is 0 Å². The van der Waals surface area contributed by atoms with Crippen LogP contribution in [-0.4, -0.2) is 42.6 Å². The molecule has 0 unspecified atom stereocenters. The van der Waals surface area contributed by atoms with Gasteiger partial charge in [-0.1, -0.05) is 6.92 Å². The molecule has 0 aromatic carbocycles. The van der Waals surface area contributed by atoms with Crippen LogP contribution in [0.2, 0.25) is 0 Å². The van der Waals surface area contributed by atoms with Crippen LogP contribution in [0, 0.1) is 6.92 Å². The zero-order valence-electron chi connectivity index (χ0n) is 10.9. The van der Waals surface area contributed by atoms with E-state index in [1.54, 1.807) is 0 Å². The zero-order chi connectivity index (χ0) is 13.2. The first-order chi connectivity index (χ1) is 8.57. The van der Waals surface area contributed by atoms with Crippen molar-refractivity contribution in [3.63, 3.8) is 0 Å². The topological polar surface area (TPSA) is 78.1 Å². The van der Waals surface area contributed by atoms with Crippen LogP contribution in [0.3, 0.4) is 0 Å². The summed E-state index contributed by atoms with van der Waals surface area (Å²) in [5, 5.41) is 10.1. The van der Waals surface area contributed by atoms with Gasteiger partial charge in [0.15, 0.2) is 5.03 Å². The van der Waals surface area contributed by atoms with Gasteiger partial charge in [-0.25, -0.2) is 8.42 Å². The summed E-state index contributed by atoms with van der Waals surface area (Å²) in [6, 6.07) is 0. The summed E-state index contributed by atoms with van der Waals surface area (Å²) in [4.78, 5) is 0. The third-order valence-electron chi connectivity index (χ3n) is 3.24. The molecule has 6 nitrogen and oxygen atoms in total. The van der Waals surface area contributed by atoms with Crippen molar-refractivity contribution in [3.8, 4) is 0 Å². The summed E-state index contributed by atoms with van der Waals surface area (Å²) in [5.74, 6) is 0. The van der Waals surface area contributed by atoms with Gasteiger partial charge < -0.3 is 5.32 Å². The highest BCUT2D eigenvalue weighted by Gasteiger charge is 2.32. The van der Waals surface area contributed by atoms with Crippen LogP contribution in [0.5, 0.6) is 0 Å². The SMILES string of the molecule is CCNCc1c(S(=O)(=O)N2CCCC2)n[nH]c1C. The highest BCUT2D eigenvalue weighted by Crippen LogP contribution is 2.23. The lowest BCUT2D eigenvalue weighted by molar-refractivity contribution is 0.472. The normalized spacial score (nSPS) is 17.4. The van der Waals surface area contributed by atoms with E-state index in [1.807, 2.05) is 13.8 Å². The predicted molar refractivity (Wildman–Crippen MR) is 68.7 cm³/mol. The van der Waals surface area contributed by atoms with Crippen LogP contribution < -0.4 is 5.32 Å². The van der Waals surface area contributed by atoms with Gasteiger partial charge in [0, 0.05) is 30.9 Å². The molecular formula is C11H20N4O2S. The van der Waals surface area contributed by atoms with Gasteiger partial charge >= 0.3 is 0 Å². The van der Waals surface area contributed by atoms with Crippen molar-refractivity contribution in [2.24, 2.45) is 0 Å². The Morgan fingerprint density at radius 1 is 1.39 bits per heavy atom. The van der Waals surface area contributed by atoms with Crippen molar-refractivity contribution >= 4 is 10.0 Å². The van der Waals surface area contributed by atoms with Crippen LogP contribution in [0.15, 0.2) is 5.03 Å². The number of nitrogens with zero attached hydrogens (tertiary/aromatic N) is 2. The number of sulfonamides is 1. The molecular weight excluding hydrogens is 252 g/mol. The maximum atomic E-state index is 12.4. The largest absolute Gasteiger partial charge is 0.313 e. The van der Waals surface area contributed by atoms with Crippen LogP contribution in [0.1, 0.15) is 31.0 Å². The molecule has 0 spiro atoms. The van der Waals surface area contributed by atoms with Gasteiger partial charge in [0.05, 0.1) is 0 Å². The van der Waals surface area contributed by atoms with E-state index in [4.69, 9.17) is 0 Å². The summed E-state index contributed by atoms with van der Waals surface area (Å²) in [7, 11) is -3.43. The van der Waals surface area contributed by atoms with Crippen molar-refractivity contribution in [2.75, 3.05) is 19.6 Å². The van der Waals surface area contributed by atoms with Crippen LogP contribution in [-0.2, 0) is 16.6 Å². The smallest absolute Gasteiger partial charge is 0.262 e. The molecule has 2 heterocycles. The van der Waals surface area contributed by atoms with Gasteiger partial charge in [-0.2, -0.15) is 9.40 Å². The summed E-state index contributed by atoms with van der Waals surface area (Å²) >= 11 is 0. The second-order valence-corrected chi connectivity index (χ2v) is 6.38. The third-order valence-corrected chi connectivity index (χ3v) is 5.11. The molecule has 0 bridgehead atoms. The van der Waals surface area contributed by atoms with Crippen LogP contribution in [0.25, 0.3) is 0 Å². The molecule has 1 aromatic rings. The highest BCUT2D eigenvalue weighted by molar-refractivity contribution is 7.89. The average Bonchev–Trinajstić information content (AvgIpc) is 2.96. The molecule has 102 valence electrons. The lowest BCUT2D eigenvalue weighted by atomic mass is 10.2. The lowest BCUT2D eigenvalue weighted by Gasteiger charge is -2.14. The second-order valence-electron chi connectivity index (χ2n) is 4.52. The maximum Gasteiger partial charge on any atom is 0.262 e. The monoisotopic (exact) mass is 272 g/mol. The van der Waals surface area contributed by atoms with E-state index in [1.165, 1.54) is 4.31 Å². The lowest BCUT2D eigenvalue weighted by Crippen LogP contribution is -2.29. The minimum absolute atomic E-state index is 0.183. The number of hydrogen-bond donors (Lipinski definition) is 2. The first kappa shape index (κ1) is 13.5. The maximum absolute atomic E-state index is 12.4. The second kappa shape index (κ2) is 5.38. The van der Waals surface area contributed by atoms with Gasteiger partial charge in [0.25, 0.3) is 10.0 Å². The van der Waals surface area contributed by atoms with Crippen molar-refractivity contribution in [1.82, 2.24) is 19.8 Å². The number of aromatic amines is 1. The molecule has 18 heavy (non-hydrogen) atoms. The van der Waals surface area contributed by atoms with E-state index in [0.29, 0.717) is 19.6 Å². The van der Waals surface area contributed by atoms with Crippen molar-refractivity contribution in [1.29, 1.82) is 0 Å². The predicted octanol–water partition coefficient (Wildman–Crippen LogP) is 0.612. The van der Waals surface area contributed by atoms with E-state index in [2.05, 4.69) is 15.5 Å². The standard InChI is InChI=1S/C11H20N4O2S/c1-3-12-8-10-9(2)13-14-11(10)18(16,17)15-6-4-5-7-15/h12H,3-8H2,1-2H3,(H,13,14). The Kier molecular flexibility index (Phi) is 4.04. The summed E-state index contributed by atoms with van der Waals surface area (Å²) < 4.78 is 26.4. The van der Waals surface area contributed by atoms with Gasteiger partial charge in [0.1, 0.15) is 0 Å². The minimum Gasteiger partial charge on any atom is -0.313 e. The number of aromatic nitrogens is 2. The molecule has 0 radical (unpaired) electrons. The average molecular weight is 272 g/mol. The third kappa shape index (κ3) is 2.43. The summed E-state index contributed by atoms with van der Waals surface area (Å²) in [5.41, 5.74) is 1.57. The summed E-state index contributed by atoms with van der Waals surface area (Å²) in [6.45, 7) is 6.38. The van der Waals surface area contributed by atoms with E-state index in [-0.39, 0.29) is 5.03 Å². The molecule has 0 saturated carbocycles. The number of rotatable bonds is 5. The first-order valence-corrected chi connectivity index (χ1v) is 7.76. The quantitative estimate of drug-likeness (QED) is 0.823. The first-order valence-electron chi connectivity index (χ1n) is 6.32.